The van der Waals surface area contributed by atoms with Crippen LogP contribution in [0.2, 0.25) is 0 Å². The van der Waals surface area contributed by atoms with E-state index in [9.17, 15) is 9.59 Å². The van der Waals surface area contributed by atoms with Gasteiger partial charge in [-0.1, -0.05) is 18.2 Å². The van der Waals surface area contributed by atoms with Gasteiger partial charge in [-0.15, -0.1) is 0 Å². The van der Waals surface area contributed by atoms with Crippen LogP contribution in [0.25, 0.3) is 0 Å². The van der Waals surface area contributed by atoms with E-state index in [2.05, 4.69) is 10.6 Å². The summed E-state index contributed by atoms with van der Waals surface area (Å²) in [5, 5.41) is 5.40. The summed E-state index contributed by atoms with van der Waals surface area (Å²) in [6.07, 6.45) is 0. The van der Waals surface area contributed by atoms with Crippen molar-refractivity contribution in [2.24, 2.45) is 0 Å². The van der Waals surface area contributed by atoms with E-state index in [0.717, 1.165) is 5.75 Å². The minimum Gasteiger partial charge on any atom is -0.494 e. The summed E-state index contributed by atoms with van der Waals surface area (Å²) in [5.74, 6) is 0.952. The van der Waals surface area contributed by atoms with Crippen LogP contribution in [0.5, 0.6) is 11.5 Å². The number of hydrogen-bond donors (Lipinski definition) is 2. The molecule has 2 rings (SSSR count). The van der Waals surface area contributed by atoms with Gasteiger partial charge in [0.2, 0.25) is 5.91 Å². The molecule has 2 N–H and O–H groups in total. The summed E-state index contributed by atoms with van der Waals surface area (Å²) in [4.78, 5) is 24.1. The van der Waals surface area contributed by atoms with Crippen molar-refractivity contribution >= 4 is 11.8 Å². The van der Waals surface area contributed by atoms with Gasteiger partial charge in [-0.05, 0) is 50.2 Å². The van der Waals surface area contributed by atoms with Crippen LogP contribution in [-0.4, -0.2) is 37.6 Å². The minimum absolute atomic E-state index is 0.260. The molecule has 0 aromatic heterocycles. The Morgan fingerprint density at radius 3 is 2.19 bits per heavy atom. The van der Waals surface area contributed by atoms with Crippen LogP contribution < -0.4 is 20.1 Å². The average Bonchev–Trinajstić information content (AvgIpc) is 2.67. The fourth-order valence-corrected chi connectivity index (χ4v) is 2.23. The van der Waals surface area contributed by atoms with Crippen molar-refractivity contribution in [3.05, 3.63) is 60.2 Å². The van der Waals surface area contributed by atoms with Crippen molar-refractivity contribution in [2.45, 2.75) is 19.9 Å². The summed E-state index contributed by atoms with van der Waals surface area (Å²) < 4.78 is 10.9. The van der Waals surface area contributed by atoms with Gasteiger partial charge in [0.1, 0.15) is 24.1 Å². The lowest BCUT2D eigenvalue weighted by Crippen LogP contribution is -2.45. The first-order chi connectivity index (χ1) is 12.6. The van der Waals surface area contributed by atoms with Gasteiger partial charge in [0.05, 0.1) is 13.2 Å². The van der Waals surface area contributed by atoms with Crippen molar-refractivity contribution in [1.82, 2.24) is 10.6 Å². The minimum atomic E-state index is -0.631. The van der Waals surface area contributed by atoms with Crippen LogP contribution in [0.1, 0.15) is 24.2 Å². The van der Waals surface area contributed by atoms with Gasteiger partial charge in [-0.2, -0.15) is 0 Å². The van der Waals surface area contributed by atoms with Crippen molar-refractivity contribution in [2.75, 3.05) is 19.8 Å². The Morgan fingerprint density at radius 2 is 1.58 bits per heavy atom. The summed E-state index contributed by atoms with van der Waals surface area (Å²) in [6.45, 7) is 4.86. The monoisotopic (exact) mass is 356 g/mol. The van der Waals surface area contributed by atoms with E-state index >= 15 is 0 Å². The first-order valence-electron chi connectivity index (χ1n) is 8.59. The highest BCUT2D eigenvalue weighted by Gasteiger charge is 2.15. The van der Waals surface area contributed by atoms with Crippen molar-refractivity contribution in [1.29, 1.82) is 0 Å². The zero-order valence-corrected chi connectivity index (χ0v) is 15.0. The zero-order chi connectivity index (χ0) is 18.8. The SMILES string of the molecule is CCOc1ccc(OCCNC(=O)C(C)NC(=O)c2ccccc2)cc1. The number of carbonyl (C=O) groups is 2. The molecule has 1 unspecified atom stereocenters. The molecule has 6 heteroatoms. The Bertz CT molecular complexity index is 702. The maximum atomic E-state index is 12.0. The van der Waals surface area contributed by atoms with Crippen LogP contribution in [-0.2, 0) is 4.79 Å². The maximum Gasteiger partial charge on any atom is 0.251 e. The first kappa shape index (κ1) is 19.3. The number of benzene rings is 2. The largest absolute Gasteiger partial charge is 0.494 e. The summed E-state index contributed by atoms with van der Waals surface area (Å²) in [5.41, 5.74) is 0.519. The molecule has 2 aromatic carbocycles. The smallest absolute Gasteiger partial charge is 0.251 e. The Labute approximate surface area is 153 Å². The Hall–Kier alpha value is -3.02. The molecule has 0 saturated heterocycles. The van der Waals surface area contributed by atoms with E-state index in [-0.39, 0.29) is 11.8 Å². The molecule has 0 aliphatic rings. The first-order valence-corrected chi connectivity index (χ1v) is 8.59. The summed E-state index contributed by atoms with van der Waals surface area (Å²) in [6, 6.07) is 15.4. The predicted octanol–water partition coefficient (Wildman–Crippen LogP) is 2.40. The molecule has 0 heterocycles. The number of ether oxygens (including phenoxy) is 2. The molecule has 0 aliphatic heterocycles. The van der Waals surface area contributed by atoms with Crippen LogP contribution in [0.15, 0.2) is 54.6 Å². The van der Waals surface area contributed by atoms with Crippen LogP contribution in [0, 0.1) is 0 Å². The Morgan fingerprint density at radius 1 is 0.962 bits per heavy atom. The normalized spacial score (nSPS) is 11.3. The second-order valence-corrected chi connectivity index (χ2v) is 5.61. The molecule has 0 bridgehead atoms. The fraction of sp³-hybridized carbons (Fsp3) is 0.300. The molecule has 6 nitrogen and oxygen atoms in total. The van der Waals surface area contributed by atoms with Crippen LogP contribution in [0.4, 0.5) is 0 Å². The van der Waals surface area contributed by atoms with E-state index in [0.29, 0.717) is 31.1 Å². The number of amides is 2. The quantitative estimate of drug-likeness (QED) is 0.677. The molecular weight excluding hydrogens is 332 g/mol. The van der Waals surface area contributed by atoms with Gasteiger partial charge in [0.15, 0.2) is 0 Å². The molecule has 0 aliphatic carbocycles. The van der Waals surface area contributed by atoms with Gasteiger partial charge in [-0.3, -0.25) is 9.59 Å². The Balaban J connectivity index is 1.68. The molecule has 2 amide bonds. The lowest BCUT2D eigenvalue weighted by Gasteiger charge is -2.14. The van der Waals surface area contributed by atoms with E-state index in [1.807, 2.05) is 37.3 Å². The van der Waals surface area contributed by atoms with E-state index < -0.39 is 6.04 Å². The summed E-state index contributed by atoms with van der Waals surface area (Å²) >= 11 is 0. The molecule has 0 saturated carbocycles. The average molecular weight is 356 g/mol. The number of nitrogens with one attached hydrogen (secondary N) is 2. The second kappa shape index (κ2) is 10.1. The molecule has 0 fully saturated rings. The van der Waals surface area contributed by atoms with Gasteiger partial charge in [-0.25, -0.2) is 0 Å². The molecular formula is C20H24N2O4. The van der Waals surface area contributed by atoms with Crippen molar-refractivity contribution < 1.29 is 19.1 Å². The lowest BCUT2D eigenvalue weighted by atomic mass is 10.2. The topological polar surface area (TPSA) is 76.7 Å². The zero-order valence-electron chi connectivity index (χ0n) is 15.0. The molecule has 0 radical (unpaired) electrons. The molecule has 138 valence electrons. The van der Waals surface area contributed by atoms with Crippen LogP contribution >= 0.6 is 0 Å². The van der Waals surface area contributed by atoms with Gasteiger partial charge >= 0.3 is 0 Å². The van der Waals surface area contributed by atoms with E-state index in [1.54, 1.807) is 31.2 Å². The molecule has 26 heavy (non-hydrogen) atoms. The molecule has 1 atom stereocenters. The Kier molecular flexibility index (Phi) is 7.49. The van der Waals surface area contributed by atoms with Gasteiger partial charge in [0, 0.05) is 5.56 Å². The predicted molar refractivity (Wildman–Crippen MR) is 99.5 cm³/mol. The molecule has 2 aromatic rings. The number of rotatable bonds is 9. The standard InChI is InChI=1S/C20H24N2O4/c1-3-25-17-9-11-18(12-10-17)26-14-13-21-19(23)15(2)22-20(24)16-7-5-4-6-8-16/h4-12,15H,3,13-14H2,1-2H3,(H,21,23)(H,22,24). The third kappa shape index (κ3) is 6.12. The van der Waals surface area contributed by atoms with Crippen LogP contribution in [0.3, 0.4) is 0 Å². The fourth-order valence-electron chi connectivity index (χ4n) is 2.23. The van der Waals surface area contributed by atoms with Gasteiger partial charge < -0.3 is 20.1 Å². The van der Waals surface area contributed by atoms with E-state index in [1.165, 1.54) is 0 Å². The maximum absolute atomic E-state index is 12.0. The highest BCUT2D eigenvalue weighted by atomic mass is 16.5. The third-order valence-electron chi connectivity index (χ3n) is 3.58. The number of carbonyl (C=O) groups excluding carboxylic acids is 2. The highest BCUT2D eigenvalue weighted by Crippen LogP contribution is 2.17. The molecule has 0 spiro atoms. The highest BCUT2D eigenvalue weighted by molar-refractivity contribution is 5.97. The van der Waals surface area contributed by atoms with E-state index in [4.69, 9.17) is 9.47 Å². The van der Waals surface area contributed by atoms with Crippen molar-refractivity contribution in [3.63, 3.8) is 0 Å². The summed E-state index contributed by atoms with van der Waals surface area (Å²) in [7, 11) is 0. The third-order valence-corrected chi connectivity index (χ3v) is 3.58. The van der Waals surface area contributed by atoms with Gasteiger partial charge in [0.25, 0.3) is 5.91 Å². The lowest BCUT2D eigenvalue weighted by molar-refractivity contribution is -0.122. The number of hydrogen-bond acceptors (Lipinski definition) is 4. The second-order valence-electron chi connectivity index (χ2n) is 5.61. The van der Waals surface area contributed by atoms with Crippen molar-refractivity contribution in [3.8, 4) is 11.5 Å².